The normalized spacial score (nSPS) is 19.0. The van der Waals surface area contributed by atoms with Gasteiger partial charge in [-0.3, -0.25) is 0 Å². The average Bonchev–Trinajstić information content (AvgIpc) is 2.64. The van der Waals surface area contributed by atoms with E-state index in [1.54, 1.807) is 7.11 Å². The Labute approximate surface area is 143 Å². The van der Waals surface area contributed by atoms with Gasteiger partial charge in [0.2, 0.25) is 0 Å². The van der Waals surface area contributed by atoms with Crippen molar-refractivity contribution in [1.29, 1.82) is 0 Å². The predicted molar refractivity (Wildman–Crippen MR) is 94.0 cm³/mol. The number of piperidine rings is 1. The predicted octanol–water partition coefficient (Wildman–Crippen LogP) is 2.71. The molecule has 0 spiro atoms. The SMILES string of the molecule is COc1ccccc1C1(O)CCN(C[C@@H](O)c2ccccc2)CC1. The van der Waals surface area contributed by atoms with E-state index in [0.29, 0.717) is 19.4 Å². The van der Waals surface area contributed by atoms with Crippen LogP contribution in [-0.2, 0) is 5.60 Å². The van der Waals surface area contributed by atoms with Crippen molar-refractivity contribution in [2.24, 2.45) is 0 Å². The van der Waals surface area contributed by atoms with Crippen LogP contribution in [-0.4, -0.2) is 41.9 Å². The maximum absolute atomic E-state index is 11.1. The second-order valence-corrected chi connectivity index (χ2v) is 6.46. The standard InChI is InChI=1S/C20H25NO3/c1-24-19-10-6-5-9-17(19)20(23)11-13-21(14-12-20)15-18(22)16-7-3-2-4-8-16/h2-10,18,22-23H,11-15H2,1H3/t18-/m1/s1. The largest absolute Gasteiger partial charge is 0.496 e. The molecule has 1 aliphatic heterocycles. The summed E-state index contributed by atoms with van der Waals surface area (Å²) in [6.45, 7) is 2.09. The molecule has 2 aromatic carbocycles. The molecule has 24 heavy (non-hydrogen) atoms. The molecule has 0 amide bonds. The number of ether oxygens (including phenoxy) is 1. The van der Waals surface area contributed by atoms with Gasteiger partial charge in [-0.2, -0.15) is 0 Å². The number of hydrogen-bond acceptors (Lipinski definition) is 4. The fraction of sp³-hybridized carbons (Fsp3) is 0.400. The summed E-state index contributed by atoms with van der Waals surface area (Å²) in [5.74, 6) is 0.734. The van der Waals surface area contributed by atoms with Gasteiger partial charge in [0.15, 0.2) is 0 Å². The van der Waals surface area contributed by atoms with Gasteiger partial charge in [-0.25, -0.2) is 0 Å². The van der Waals surface area contributed by atoms with Gasteiger partial charge in [0.25, 0.3) is 0 Å². The summed E-state index contributed by atoms with van der Waals surface area (Å²) >= 11 is 0. The summed E-state index contributed by atoms with van der Waals surface area (Å²) in [7, 11) is 1.63. The molecule has 1 fully saturated rings. The highest BCUT2D eigenvalue weighted by atomic mass is 16.5. The summed E-state index contributed by atoms with van der Waals surface area (Å²) in [6.07, 6.45) is 0.771. The Morgan fingerprint density at radius 1 is 1.04 bits per heavy atom. The molecule has 1 heterocycles. The van der Waals surface area contributed by atoms with E-state index in [2.05, 4.69) is 4.90 Å². The van der Waals surface area contributed by atoms with Crippen LogP contribution < -0.4 is 4.74 Å². The summed E-state index contributed by atoms with van der Waals surface area (Å²) in [4.78, 5) is 2.21. The number of β-amino-alcohol motifs (C(OH)–C–C–N with tert-alkyl or cyclic N) is 1. The Hall–Kier alpha value is -1.88. The molecule has 0 aliphatic carbocycles. The van der Waals surface area contributed by atoms with Crippen LogP contribution >= 0.6 is 0 Å². The average molecular weight is 327 g/mol. The van der Waals surface area contributed by atoms with E-state index in [4.69, 9.17) is 4.74 Å². The Kier molecular flexibility index (Phi) is 5.19. The van der Waals surface area contributed by atoms with Crippen molar-refractivity contribution >= 4 is 0 Å². The summed E-state index contributed by atoms with van der Waals surface area (Å²) in [6, 6.07) is 17.4. The van der Waals surface area contributed by atoms with Crippen LogP contribution in [0.15, 0.2) is 54.6 Å². The van der Waals surface area contributed by atoms with Crippen molar-refractivity contribution in [2.75, 3.05) is 26.7 Å². The van der Waals surface area contributed by atoms with E-state index in [1.807, 2.05) is 54.6 Å². The van der Waals surface area contributed by atoms with E-state index in [0.717, 1.165) is 30.0 Å². The Balaban J connectivity index is 1.63. The summed E-state index contributed by atoms with van der Waals surface area (Å²) < 4.78 is 5.40. The maximum Gasteiger partial charge on any atom is 0.124 e. The highest BCUT2D eigenvalue weighted by molar-refractivity contribution is 5.38. The van der Waals surface area contributed by atoms with Gasteiger partial charge in [-0.05, 0) is 24.5 Å². The van der Waals surface area contributed by atoms with Crippen LogP contribution in [0.25, 0.3) is 0 Å². The van der Waals surface area contributed by atoms with Gasteiger partial charge in [-0.15, -0.1) is 0 Å². The first-order chi connectivity index (χ1) is 11.6. The number of methoxy groups -OCH3 is 1. The molecule has 2 N–H and O–H groups in total. The summed E-state index contributed by atoms with van der Waals surface area (Å²) in [5.41, 5.74) is 0.930. The zero-order chi connectivity index (χ0) is 17.0. The van der Waals surface area contributed by atoms with E-state index < -0.39 is 11.7 Å². The van der Waals surface area contributed by atoms with Crippen molar-refractivity contribution in [3.05, 3.63) is 65.7 Å². The molecular weight excluding hydrogens is 302 g/mol. The van der Waals surface area contributed by atoms with E-state index >= 15 is 0 Å². The number of benzene rings is 2. The van der Waals surface area contributed by atoms with Crippen molar-refractivity contribution < 1.29 is 14.9 Å². The topological polar surface area (TPSA) is 52.9 Å². The number of likely N-dealkylation sites (tertiary alicyclic amines) is 1. The molecule has 4 nitrogen and oxygen atoms in total. The third-order valence-electron chi connectivity index (χ3n) is 4.91. The third kappa shape index (κ3) is 3.61. The summed E-state index contributed by atoms with van der Waals surface area (Å²) in [5, 5.41) is 21.4. The van der Waals surface area contributed by atoms with Crippen molar-refractivity contribution in [2.45, 2.75) is 24.5 Å². The highest BCUT2D eigenvalue weighted by Crippen LogP contribution is 2.38. The van der Waals surface area contributed by atoms with Crippen molar-refractivity contribution in [1.82, 2.24) is 4.90 Å². The lowest BCUT2D eigenvalue weighted by Crippen LogP contribution is -2.44. The van der Waals surface area contributed by atoms with Crippen LogP contribution in [0.4, 0.5) is 0 Å². The lowest BCUT2D eigenvalue weighted by atomic mass is 9.83. The highest BCUT2D eigenvalue weighted by Gasteiger charge is 2.36. The first-order valence-electron chi connectivity index (χ1n) is 8.43. The van der Waals surface area contributed by atoms with Crippen molar-refractivity contribution in [3.8, 4) is 5.75 Å². The lowest BCUT2D eigenvalue weighted by Gasteiger charge is -2.39. The van der Waals surface area contributed by atoms with E-state index in [9.17, 15) is 10.2 Å². The molecule has 4 heteroatoms. The number of rotatable bonds is 5. The van der Waals surface area contributed by atoms with Crippen LogP contribution in [0.3, 0.4) is 0 Å². The molecule has 0 saturated carbocycles. The minimum absolute atomic E-state index is 0.497. The minimum atomic E-state index is -0.860. The van der Waals surface area contributed by atoms with Gasteiger partial charge in [0.1, 0.15) is 5.75 Å². The molecule has 3 rings (SSSR count). The number of aliphatic hydroxyl groups is 2. The molecule has 0 unspecified atom stereocenters. The number of nitrogens with zero attached hydrogens (tertiary/aromatic N) is 1. The van der Waals surface area contributed by atoms with Crippen molar-refractivity contribution in [3.63, 3.8) is 0 Å². The zero-order valence-corrected chi connectivity index (χ0v) is 14.1. The fourth-order valence-corrected chi connectivity index (χ4v) is 3.43. The van der Waals surface area contributed by atoms with Gasteiger partial charge in [-0.1, -0.05) is 48.5 Å². The second kappa shape index (κ2) is 7.34. The Bertz CT molecular complexity index is 651. The zero-order valence-electron chi connectivity index (χ0n) is 14.1. The van der Waals surface area contributed by atoms with E-state index in [1.165, 1.54) is 0 Å². The van der Waals surface area contributed by atoms with Crippen LogP contribution in [0.1, 0.15) is 30.1 Å². The first-order valence-corrected chi connectivity index (χ1v) is 8.43. The molecule has 0 radical (unpaired) electrons. The van der Waals surface area contributed by atoms with Crippen LogP contribution in [0, 0.1) is 0 Å². The van der Waals surface area contributed by atoms with Gasteiger partial charge < -0.3 is 19.8 Å². The Morgan fingerprint density at radius 2 is 1.67 bits per heavy atom. The first kappa shape index (κ1) is 17.0. The van der Waals surface area contributed by atoms with E-state index in [-0.39, 0.29) is 0 Å². The molecule has 1 aliphatic rings. The van der Waals surface area contributed by atoms with Crippen LogP contribution in [0.2, 0.25) is 0 Å². The van der Waals surface area contributed by atoms with Gasteiger partial charge in [0.05, 0.1) is 18.8 Å². The number of hydrogen-bond donors (Lipinski definition) is 2. The fourth-order valence-electron chi connectivity index (χ4n) is 3.43. The Morgan fingerprint density at radius 3 is 2.33 bits per heavy atom. The molecule has 2 aromatic rings. The molecule has 128 valence electrons. The quantitative estimate of drug-likeness (QED) is 0.887. The monoisotopic (exact) mass is 327 g/mol. The molecule has 1 atom stereocenters. The van der Waals surface area contributed by atoms with Gasteiger partial charge >= 0.3 is 0 Å². The third-order valence-corrected chi connectivity index (χ3v) is 4.91. The maximum atomic E-state index is 11.1. The number of aliphatic hydroxyl groups excluding tert-OH is 1. The molecule has 0 bridgehead atoms. The second-order valence-electron chi connectivity index (χ2n) is 6.46. The number of para-hydroxylation sites is 1. The minimum Gasteiger partial charge on any atom is -0.496 e. The molecule has 0 aromatic heterocycles. The van der Waals surface area contributed by atoms with Gasteiger partial charge in [0, 0.05) is 25.2 Å². The lowest BCUT2D eigenvalue weighted by molar-refractivity contribution is -0.0358. The van der Waals surface area contributed by atoms with Crippen LogP contribution in [0.5, 0.6) is 5.75 Å². The molecular formula is C20H25NO3. The smallest absolute Gasteiger partial charge is 0.124 e. The molecule has 1 saturated heterocycles.